The van der Waals surface area contributed by atoms with Gasteiger partial charge in [-0.3, -0.25) is 4.90 Å². The van der Waals surface area contributed by atoms with E-state index >= 15 is 0 Å². The average molecular weight is 359 g/mol. The molecule has 0 spiro atoms. The Morgan fingerprint density at radius 3 is 2.72 bits per heavy atom. The first-order valence-corrected chi connectivity index (χ1v) is 8.38. The number of alkyl halides is 3. The monoisotopic (exact) mass is 359 g/mol. The van der Waals surface area contributed by atoms with Gasteiger partial charge >= 0.3 is 12.2 Å². The van der Waals surface area contributed by atoms with Crippen molar-refractivity contribution in [2.75, 3.05) is 39.4 Å². The lowest BCUT2D eigenvalue weighted by molar-refractivity contribution is -0.137. The van der Waals surface area contributed by atoms with Crippen molar-refractivity contribution in [3.05, 3.63) is 35.4 Å². The van der Waals surface area contributed by atoms with Gasteiger partial charge in [-0.2, -0.15) is 13.2 Å². The molecule has 5 nitrogen and oxygen atoms in total. The van der Waals surface area contributed by atoms with E-state index in [0.29, 0.717) is 12.1 Å². The van der Waals surface area contributed by atoms with Crippen LogP contribution in [0.2, 0.25) is 0 Å². The van der Waals surface area contributed by atoms with E-state index in [9.17, 15) is 18.0 Å². The summed E-state index contributed by atoms with van der Waals surface area (Å²) in [5.74, 6) is 0. The highest BCUT2D eigenvalue weighted by Crippen LogP contribution is 2.30. The molecule has 1 aromatic carbocycles. The zero-order valence-electron chi connectivity index (χ0n) is 14.2. The van der Waals surface area contributed by atoms with Crippen LogP contribution in [0.4, 0.5) is 18.0 Å². The van der Waals surface area contributed by atoms with E-state index < -0.39 is 17.8 Å². The van der Waals surface area contributed by atoms with Crippen molar-refractivity contribution in [1.29, 1.82) is 0 Å². The molecule has 140 valence electrons. The van der Waals surface area contributed by atoms with Gasteiger partial charge in [-0.15, -0.1) is 0 Å². The molecule has 0 bridgehead atoms. The normalized spacial score (nSPS) is 17.1. The lowest BCUT2D eigenvalue weighted by Gasteiger charge is -2.26. The predicted molar refractivity (Wildman–Crippen MR) is 88.3 cm³/mol. The molecule has 2 rings (SSSR count). The van der Waals surface area contributed by atoms with Crippen LogP contribution < -0.4 is 10.6 Å². The second-order valence-electron chi connectivity index (χ2n) is 6.05. The van der Waals surface area contributed by atoms with Crippen molar-refractivity contribution in [1.82, 2.24) is 15.5 Å². The molecule has 0 aliphatic carbocycles. The molecule has 1 saturated heterocycles. The van der Waals surface area contributed by atoms with Gasteiger partial charge in [-0.25, -0.2) is 4.79 Å². The van der Waals surface area contributed by atoms with Gasteiger partial charge in [-0.1, -0.05) is 12.1 Å². The molecule has 1 atom stereocenters. The van der Waals surface area contributed by atoms with Crippen molar-refractivity contribution >= 4 is 6.03 Å². The number of amides is 2. The highest BCUT2D eigenvalue weighted by atomic mass is 19.4. The van der Waals surface area contributed by atoms with Gasteiger partial charge in [0, 0.05) is 19.6 Å². The highest BCUT2D eigenvalue weighted by molar-refractivity contribution is 5.74. The molecule has 0 aromatic heterocycles. The summed E-state index contributed by atoms with van der Waals surface area (Å²) in [6, 6.07) is 4.09. The quantitative estimate of drug-likeness (QED) is 0.768. The maximum absolute atomic E-state index is 12.7. The first-order valence-electron chi connectivity index (χ1n) is 8.38. The van der Waals surface area contributed by atoms with Gasteiger partial charge in [0.2, 0.25) is 0 Å². The summed E-state index contributed by atoms with van der Waals surface area (Å²) in [6.07, 6.45) is -3.58. The van der Waals surface area contributed by atoms with Crippen LogP contribution in [0.1, 0.15) is 30.5 Å². The Morgan fingerprint density at radius 1 is 1.32 bits per heavy atom. The van der Waals surface area contributed by atoms with Crippen LogP contribution in [0.3, 0.4) is 0 Å². The molecule has 0 saturated carbocycles. The number of carbonyl (C=O) groups is 1. The first-order chi connectivity index (χ1) is 11.9. The van der Waals surface area contributed by atoms with Crippen molar-refractivity contribution < 1.29 is 22.7 Å². The summed E-state index contributed by atoms with van der Waals surface area (Å²) in [7, 11) is 0. The maximum atomic E-state index is 12.7. The Hall–Kier alpha value is -1.80. The second kappa shape index (κ2) is 9.05. The van der Waals surface area contributed by atoms with E-state index in [1.165, 1.54) is 6.07 Å². The molecule has 2 amide bonds. The van der Waals surface area contributed by atoms with E-state index in [1.807, 2.05) is 0 Å². The van der Waals surface area contributed by atoms with Crippen LogP contribution in [0.25, 0.3) is 0 Å². The molecule has 1 aliphatic rings. The number of urea groups is 1. The van der Waals surface area contributed by atoms with Crippen molar-refractivity contribution in [2.24, 2.45) is 0 Å². The van der Waals surface area contributed by atoms with Gasteiger partial charge in [0.15, 0.2) is 0 Å². The molecule has 1 aromatic rings. The minimum Gasteiger partial charge on any atom is -0.379 e. The molecule has 2 N–H and O–H groups in total. The summed E-state index contributed by atoms with van der Waals surface area (Å²) in [5, 5.41) is 5.40. The van der Waals surface area contributed by atoms with Crippen molar-refractivity contribution in [2.45, 2.75) is 25.6 Å². The molecular weight excluding hydrogens is 335 g/mol. The number of hydrogen-bond donors (Lipinski definition) is 2. The first kappa shape index (κ1) is 19.5. The molecule has 0 radical (unpaired) electrons. The fourth-order valence-corrected chi connectivity index (χ4v) is 2.64. The Labute approximate surface area is 145 Å². The largest absolute Gasteiger partial charge is 0.416 e. The molecule has 1 heterocycles. The summed E-state index contributed by atoms with van der Waals surface area (Å²) in [5.41, 5.74) is -0.303. The molecule has 1 unspecified atom stereocenters. The van der Waals surface area contributed by atoms with Crippen LogP contribution in [-0.2, 0) is 10.9 Å². The molecule has 25 heavy (non-hydrogen) atoms. The molecule has 1 fully saturated rings. The van der Waals surface area contributed by atoms with Crippen molar-refractivity contribution in [3.63, 3.8) is 0 Å². The predicted octanol–water partition coefficient (Wildman–Crippen LogP) is 2.79. The van der Waals surface area contributed by atoms with Crippen LogP contribution >= 0.6 is 0 Å². The van der Waals surface area contributed by atoms with Gasteiger partial charge < -0.3 is 15.4 Å². The second-order valence-corrected chi connectivity index (χ2v) is 6.05. The van der Waals surface area contributed by atoms with E-state index in [0.717, 1.165) is 51.4 Å². The topological polar surface area (TPSA) is 53.6 Å². The minimum atomic E-state index is -4.39. The Bertz CT molecular complexity index is 560. The highest BCUT2D eigenvalue weighted by Gasteiger charge is 2.30. The van der Waals surface area contributed by atoms with Gasteiger partial charge in [0.1, 0.15) is 0 Å². The fraction of sp³-hybridized carbons (Fsp3) is 0.588. The number of hydrogen-bond acceptors (Lipinski definition) is 3. The van der Waals surface area contributed by atoms with E-state index in [4.69, 9.17) is 4.74 Å². The number of rotatable bonds is 6. The third-order valence-electron chi connectivity index (χ3n) is 4.10. The SMILES string of the molecule is CC(NC(=O)NCCCN1CCOCC1)c1cccc(C(F)(F)F)c1. The lowest BCUT2D eigenvalue weighted by atomic mass is 10.1. The summed E-state index contributed by atoms with van der Waals surface area (Å²) >= 11 is 0. The summed E-state index contributed by atoms with van der Waals surface area (Å²) in [4.78, 5) is 14.2. The number of halogens is 3. The minimum absolute atomic E-state index is 0.383. The van der Waals surface area contributed by atoms with Crippen LogP contribution in [0, 0.1) is 0 Å². The maximum Gasteiger partial charge on any atom is 0.416 e. The lowest BCUT2D eigenvalue weighted by Crippen LogP contribution is -2.40. The Kier molecular flexibility index (Phi) is 7.07. The van der Waals surface area contributed by atoms with Crippen LogP contribution in [0.15, 0.2) is 24.3 Å². The number of nitrogens with zero attached hydrogens (tertiary/aromatic N) is 1. The zero-order valence-corrected chi connectivity index (χ0v) is 14.2. The number of morpholine rings is 1. The zero-order chi connectivity index (χ0) is 18.3. The number of benzene rings is 1. The molecule has 1 aliphatic heterocycles. The summed E-state index contributed by atoms with van der Waals surface area (Å²) in [6.45, 7) is 6.33. The number of nitrogens with one attached hydrogen (secondary N) is 2. The van der Waals surface area contributed by atoms with Gasteiger partial charge in [-0.05, 0) is 37.6 Å². The standard InChI is InChI=1S/C17H24F3N3O2/c1-13(14-4-2-5-15(12-14)17(18,19)20)22-16(24)21-6-3-7-23-8-10-25-11-9-23/h2,4-5,12-13H,3,6-11H2,1H3,(H2,21,22,24). The van der Waals surface area contributed by atoms with E-state index in [-0.39, 0.29) is 6.03 Å². The average Bonchev–Trinajstić information content (AvgIpc) is 2.59. The number of ether oxygens (including phenoxy) is 1. The number of carbonyl (C=O) groups excluding carboxylic acids is 1. The van der Waals surface area contributed by atoms with Gasteiger partial charge in [0.25, 0.3) is 0 Å². The Morgan fingerprint density at radius 2 is 2.04 bits per heavy atom. The fourth-order valence-electron chi connectivity index (χ4n) is 2.64. The van der Waals surface area contributed by atoms with Gasteiger partial charge in [0.05, 0.1) is 24.8 Å². The smallest absolute Gasteiger partial charge is 0.379 e. The van der Waals surface area contributed by atoms with E-state index in [1.54, 1.807) is 13.0 Å². The van der Waals surface area contributed by atoms with E-state index in [2.05, 4.69) is 15.5 Å². The van der Waals surface area contributed by atoms with Crippen LogP contribution in [-0.4, -0.2) is 50.3 Å². The Balaban J connectivity index is 1.72. The third kappa shape index (κ3) is 6.55. The van der Waals surface area contributed by atoms with Crippen LogP contribution in [0.5, 0.6) is 0 Å². The molecule has 8 heteroatoms. The molecular formula is C17H24F3N3O2. The third-order valence-corrected chi connectivity index (χ3v) is 4.10. The summed E-state index contributed by atoms with van der Waals surface area (Å²) < 4.78 is 43.5. The van der Waals surface area contributed by atoms with Crippen molar-refractivity contribution in [3.8, 4) is 0 Å².